The molecule has 3 rings (SSSR count). The van der Waals surface area contributed by atoms with Crippen LogP contribution in [0.1, 0.15) is 35.5 Å². The molecule has 0 saturated carbocycles. The van der Waals surface area contributed by atoms with Crippen molar-refractivity contribution in [3.8, 4) is 0 Å². The summed E-state index contributed by atoms with van der Waals surface area (Å²) in [5.41, 5.74) is 0.640. The molecule has 0 unspecified atom stereocenters. The van der Waals surface area contributed by atoms with Crippen molar-refractivity contribution in [3.05, 3.63) is 29.9 Å². The summed E-state index contributed by atoms with van der Waals surface area (Å²) in [5, 5.41) is 7.17. The van der Waals surface area contributed by atoms with E-state index < -0.39 is 0 Å². The fourth-order valence-corrected chi connectivity index (χ4v) is 2.83. The Bertz CT molecular complexity index is 662. The summed E-state index contributed by atoms with van der Waals surface area (Å²) in [7, 11) is 1.85. The molecule has 0 bridgehead atoms. The lowest BCUT2D eigenvalue weighted by Crippen LogP contribution is -2.36. The molecule has 0 aromatic carbocycles. The second-order valence-corrected chi connectivity index (χ2v) is 5.86. The topological polar surface area (TPSA) is 82.9 Å². The number of imidazole rings is 1. The summed E-state index contributed by atoms with van der Waals surface area (Å²) < 4.78 is 1.77. The zero-order valence-corrected chi connectivity index (χ0v) is 13.7. The molecule has 1 aliphatic heterocycles. The lowest BCUT2D eigenvalue weighted by Gasteiger charge is -2.21. The van der Waals surface area contributed by atoms with Gasteiger partial charge in [0.05, 0.1) is 19.1 Å². The Balaban J connectivity index is 1.58. The lowest BCUT2D eigenvalue weighted by atomic mass is 10.3. The zero-order valence-electron chi connectivity index (χ0n) is 13.7. The molecule has 2 aromatic rings. The molecule has 124 valence electrons. The second kappa shape index (κ2) is 6.91. The van der Waals surface area contributed by atoms with Crippen molar-refractivity contribution in [1.82, 2.24) is 34.5 Å². The van der Waals surface area contributed by atoms with Crippen molar-refractivity contribution in [2.24, 2.45) is 7.05 Å². The number of aromatic nitrogens is 5. The lowest BCUT2D eigenvalue weighted by molar-refractivity contribution is 0.0751. The smallest absolute Gasteiger partial charge is 0.272 e. The molecule has 1 saturated heterocycles. The van der Waals surface area contributed by atoms with Crippen LogP contribution in [-0.4, -0.2) is 66.6 Å². The van der Waals surface area contributed by atoms with Gasteiger partial charge in [-0.1, -0.05) is 6.92 Å². The van der Waals surface area contributed by atoms with Crippen LogP contribution < -0.4 is 0 Å². The van der Waals surface area contributed by atoms with Crippen LogP contribution in [0.15, 0.2) is 12.5 Å². The van der Waals surface area contributed by atoms with Gasteiger partial charge in [0.15, 0.2) is 0 Å². The molecule has 0 aliphatic carbocycles. The predicted octanol–water partition coefficient (Wildman–Crippen LogP) is 0.449. The minimum Gasteiger partial charge on any atom is -0.336 e. The van der Waals surface area contributed by atoms with Gasteiger partial charge in [0, 0.05) is 39.6 Å². The van der Waals surface area contributed by atoms with Crippen LogP contribution in [-0.2, 0) is 20.0 Å². The van der Waals surface area contributed by atoms with Crippen LogP contribution in [0.25, 0.3) is 0 Å². The van der Waals surface area contributed by atoms with Gasteiger partial charge in [0.25, 0.3) is 5.91 Å². The molecule has 1 aliphatic rings. The van der Waals surface area contributed by atoms with E-state index in [1.165, 1.54) is 0 Å². The van der Waals surface area contributed by atoms with Gasteiger partial charge < -0.3 is 9.47 Å². The molecule has 8 nitrogen and oxygen atoms in total. The number of aromatic amines is 1. The van der Waals surface area contributed by atoms with E-state index in [0.717, 1.165) is 57.2 Å². The van der Waals surface area contributed by atoms with Gasteiger partial charge in [-0.25, -0.2) is 9.97 Å². The van der Waals surface area contributed by atoms with Gasteiger partial charge in [0.2, 0.25) is 0 Å². The Labute approximate surface area is 135 Å². The Morgan fingerprint density at radius 1 is 1.30 bits per heavy atom. The predicted molar refractivity (Wildman–Crippen MR) is 84.8 cm³/mol. The molecule has 2 aromatic heterocycles. The normalized spacial score (nSPS) is 16.5. The summed E-state index contributed by atoms with van der Waals surface area (Å²) in [6.07, 6.45) is 5.08. The summed E-state index contributed by atoms with van der Waals surface area (Å²) in [5.74, 6) is 1.80. The van der Waals surface area contributed by atoms with Crippen molar-refractivity contribution < 1.29 is 4.79 Å². The highest BCUT2D eigenvalue weighted by Crippen LogP contribution is 2.10. The van der Waals surface area contributed by atoms with Crippen LogP contribution in [0.5, 0.6) is 0 Å². The summed E-state index contributed by atoms with van der Waals surface area (Å²) >= 11 is 0. The van der Waals surface area contributed by atoms with Gasteiger partial charge in [-0.2, -0.15) is 5.10 Å². The van der Waals surface area contributed by atoms with Crippen LogP contribution in [0.2, 0.25) is 0 Å². The number of rotatable bonds is 4. The van der Waals surface area contributed by atoms with Crippen molar-refractivity contribution in [1.29, 1.82) is 0 Å². The van der Waals surface area contributed by atoms with Gasteiger partial charge in [-0.3, -0.25) is 14.8 Å². The maximum Gasteiger partial charge on any atom is 0.272 e. The molecule has 1 amide bonds. The average molecular weight is 317 g/mol. The first-order chi connectivity index (χ1) is 11.2. The van der Waals surface area contributed by atoms with Gasteiger partial charge in [-0.05, 0) is 6.42 Å². The molecule has 8 heteroatoms. The number of aryl methyl sites for hydroxylation is 2. The Morgan fingerprint density at radius 3 is 2.87 bits per heavy atom. The standard InChI is InChI=1S/C15H23N7O/c1-3-13-17-14(19-18-13)10-21-5-4-6-22(8-7-21)15(23)12-9-16-11-20(12)2/h9,11H,3-8,10H2,1-2H3,(H,17,18,19). The number of amides is 1. The van der Waals surface area contributed by atoms with Crippen LogP contribution in [0.4, 0.5) is 0 Å². The Hall–Kier alpha value is -2.22. The molecule has 1 fully saturated rings. The van der Waals surface area contributed by atoms with Crippen molar-refractivity contribution >= 4 is 5.91 Å². The minimum atomic E-state index is 0.0554. The first kappa shape index (κ1) is 15.7. The Morgan fingerprint density at radius 2 is 2.17 bits per heavy atom. The summed E-state index contributed by atoms with van der Waals surface area (Å²) in [6, 6.07) is 0. The maximum atomic E-state index is 12.6. The number of carbonyl (C=O) groups excluding carboxylic acids is 1. The van der Waals surface area contributed by atoms with Gasteiger partial charge in [-0.15, -0.1) is 0 Å². The third-order valence-electron chi connectivity index (χ3n) is 4.18. The molecule has 1 N–H and O–H groups in total. The van der Waals surface area contributed by atoms with Crippen molar-refractivity contribution in [2.75, 3.05) is 26.2 Å². The number of H-pyrrole nitrogens is 1. The van der Waals surface area contributed by atoms with Crippen LogP contribution in [0, 0.1) is 0 Å². The SMILES string of the molecule is CCc1n[nH]c(CN2CCCN(C(=O)c3cncn3C)CC2)n1. The van der Waals surface area contributed by atoms with E-state index in [0.29, 0.717) is 5.69 Å². The van der Waals surface area contributed by atoms with Crippen molar-refractivity contribution in [3.63, 3.8) is 0 Å². The van der Waals surface area contributed by atoms with E-state index in [1.54, 1.807) is 17.1 Å². The quantitative estimate of drug-likeness (QED) is 0.885. The molecule has 0 spiro atoms. The number of carbonyl (C=O) groups is 1. The van der Waals surface area contributed by atoms with Crippen LogP contribution in [0.3, 0.4) is 0 Å². The first-order valence-electron chi connectivity index (χ1n) is 8.05. The number of hydrogen-bond donors (Lipinski definition) is 1. The molecule has 0 radical (unpaired) electrons. The molecule has 0 atom stereocenters. The van der Waals surface area contributed by atoms with E-state index in [-0.39, 0.29) is 5.91 Å². The van der Waals surface area contributed by atoms with E-state index in [2.05, 4.69) is 25.1 Å². The largest absolute Gasteiger partial charge is 0.336 e. The highest BCUT2D eigenvalue weighted by Gasteiger charge is 2.22. The second-order valence-electron chi connectivity index (χ2n) is 5.86. The first-order valence-corrected chi connectivity index (χ1v) is 8.05. The van der Waals surface area contributed by atoms with Gasteiger partial charge in [0.1, 0.15) is 17.3 Å². The van der Waals surface area contributed by atoms with Crippen LogP contribution >= 0.6 is 0 Å². The number of hydrogen-bond acceptors (Lipinski definition) is 5. The van der Waals surface area contributed by atoms with E-state index in [4.69, 9.17) is 0 Å². The van der Waals surface area contributed by atoms with E-state index >= 15 is 0 Å². The number of nitrogens with one attached hydrogen (secondary N) is 1. The summed E-state index contributed by atoms with van der Waals surface area (Å²) in [6.45, 7) is 6.08. The summed E-state index contributed by atoms with van der Waals surface area (Å²) in [4.78, 5) is 25.3. The van der Waals surface area contributed by atoms with Gasteiger partial charge >= 0.3 is 0 Å². The third-order valence-corrected chi connectivity index (χ3v) is 4.18. The molecular weight excluding hydrogens is 294 g/mol. The third kappa shape index (κ3) is 3.58. The highest BCUT2D eigenvalue weighted by molar-refractivity contribution is 5.92. The monoisotopic (exact) mass is 317 g/mol. The van der Waals surface area contributed by atoms with E-state index in [9.17, 15) is 4.79 Å². The minimum absolute atomic E-state index is 0.0554. The molecule has 3 heterocycles. The maximum absolute atomic E-state index is 12.6. The number of nitrogens with zero attached hydrogens (tertiary/aromatic N) is 6. The highest BCUT2D eigenvalue weighted by atomic mass is 16.2. The fourth-order valence-electron chi connectivity index (χ4n) is 2.83. The molecule has 23 heavy (non-hydrogen) atoms. The fraction of sp³-hybridized carbons (Fsp3) is 0.600. The Kier molecular flexibility index (Phi) is 4.71. The molecular formula is C15H23N7O. The van der Waals surface area contributed by atoms with Crippen molar-refractivity contribution in [2.45, 2.75) is 26.3 Å². The average Bonchev–Trinajstić information content (AvgIpc) is 3.11. The van der Waals surface area contributed by atoms with E-state index in [1.807, 2.05) is 18.9 Å². The zero-order chi connectivity index (χ0) is 16.2.